The van der Waals surface area contributed by atoms with Crippen LogP contribution in [0.2, 0.25) is 0 Å². The van der Waals surface area contributed by atoms with Crippen LogP contribution in [0.15, 0.2) is 77.3 Å². The highest BCUT2D eigenvalue weighted by Crippen LogP contribution is 2.24. The molecule has 0 aliphatic carbocycles. The van der Waals surface area contributed by atoms with Gasteiger partial charge in [0.2, 0.25) is 0 Å². The lowest BCUT2D eigenvalue weighted by Crippen LogP contribution is -2.19. The third-order valence-electron chi connectivity index (χ3n) is 3.66. The summed E-state index contributed by atoms with van der Waals surface area (Å²) in [6.07, 6.45) is 0. The van der Waals surface area contributed by atoms with E-state index in [1.807, 2.05) is 24.3 Å². The zero-order valence-electron chi connectivity index (χ0n) is 13.5. The summed E-state index contributed by atoms with van der Waals surface area (Å²) in [7, 11) is 0. The Balaban J connectivity index is 1.64. The molecule has 3 aromatic carbocycles. The molecule has 26 heavy (non-hydrogen) atoms. The number of halogens is 1. The number of amides is 2. The number of rotatable bonds is 4. The summed E-state index contributed by atoms with van der Waals surface area (Å²) in [4.78, 5) is 22.3. The summed E-state index contributed by atoms with van der Waals surface area (Å²) in [6.45, 7) is 0. The van der Waals surface area contributed by atoms with Crippen molar-refractivity contribution in [1.82, 2.24) is 0 Å². The molecule has 3 aromatic rings. The van der Waals surface area contributed by atoms with Gasteiger partial charge in [0.25, 0.3) is 5.69 Å². The fourth-order valence-corrected chi connectivity index (χ4v) is 2.61. The number of carbonyl (C=O) groups is 1. The Bertz CT molecular complexity index is 924. The number of nitro groups is 1. The summed E-state index contributed by atoms with van der Waals surface area (Å²) in [6, 6.07) is 20.5. The molecule has 0 bridgehead atoms. The summed E-state index contributed by atoms with van der Waals surface area (Å²) >= 11 is 3.34. The lowest BCUT2D eigenvalue weighted by molar-refractivity contribution is -0.384. The average molecular weight is 412 g/mol. The third-order valence-corrected chi connectivity index (χ3v) is 4.18. The van der Waals surface area contributed by atoms with Crippen molar-refractivity contribution >= 4 is 39.0 Å². The molecule has 0 aliphatic heterocycles. The molecule has 0 saturated heterocycles. The van der Waals surface area contributed by atoms with Gasteiger partial charge in [-0.1, -0.05) is 28.1 Å². The molecule has 6 nitrogen and oxygen atoms in total. The van der Waals surface area contributed by atoms with Crippen LogP contribution in [0.5, 0.6) is 0 Å². The van der Waals surface area contributed by atoms with Gasteiger partial charge >= 0.3 is 6.03 Å². The van der Waals surface area contributed by atoms with Crippen molar-refractivity contribution in [2.75, 3.05) is 10.6 Å². The number of nitrogens with one attached hydrogen (secondary N) is 2. The summed E-state index contributed by atoms with van der Waals surface area (Å²) in [5.74, 6) is 0. The summed E-state index contributed by atoms with van der Waals surface area (Å²) in [5.41, 5.74) is 3.15. The number of hydrogen-bond acceptors (Lipinski definition) is 3. The Labute approximate surface area is 158 Å². The number of urea groups is 1. The number of nitrogens with zero attached hydrogens (tertiary/aromatic N) is 1. The fourth-order valence-electron chi connectivity index (χ4n) is 2.35. The van der Waals surface area contributed by atoms with Crippen molar-refractivity contribution in [3.05, 3.63) is 87.4 Å². The first-order chi connectivity index (χ1) is 12.5. The fraction of sp³-hybridized carbons (Fsp3) is 0. The van der Waals surface area contributed by atoms with E-state index in [0.29, 0.717) is 11.4 Å². The largest absolute Gasteiger partial charge is 0.323 e. The second-order valence-corrected chi connectivity index (χ2v) is 6.38. The standard InChI is InChI=1S/C19H14BrN3O3/c20-15-5-9-17(10-6-15)22-19(24)21-16-7-1-13(2-8-16)14-3-11-18(12-4-14)23(25)26/h1-12H,(H2,21,22,24). The minimum atomic E-state index is -0.430. The molecule has 0 spiro atoms. The van der Waals surface area contributed by atoms with E-state index in [9.17, 15) is 14.9 Å². The van der Waals surface area contributed by atoms with E-state index >= 15 is 0 Å². The molecular weight excluding hydrogens is 398 g/mol. The maximum absolute atomic E-state index is 12.0. The van der Waals surface area contributed by atoms with Crippen molar-refractivity contribution in [2.45, 2.75) is 0 Å². The molecule has 0 atom stereocenters. The SMILES string of the molecule is O=C(Nc1ccc(Br)cc1)Nc1ccc(-c2ccc([N+](=O)[O-])cc2)cc1. The minimum absolute atomic E-state index is 0.0525. The summed E-state index contributed by atoms with van der Waals surface area (Å²) < 4.78 is 0.935. The summed E-state index contributed by atoms with van der Waals surface area (Å²) in [5, 5.41) is 16.2. The van der Waals surface area contributed by atoms with Gasteiger partial charge in [0.05, 0.1) is 4.92 Å². The van der Waals surface area contributed by atoms with Crippen LogP contribution in [0.1, 0.15) is 0 Å². The molecule has 7 heteroatoms. The molecular formula is C19H14BrN3O3. The number of nitro benzene ring substituents is 1. The molecule has 0 heterocycles. The highest BCUT2D eigenvalue weighted by Gasteiger charge is 2.06. The van der Waals surface area contributed by atoms with Crippen molar-refractivity contribution in [1.29, 1.82) is 0 Å². The maximum atomic E-state index is 12.0. The molecule has 2 N–H and O–H groups in total. The van der Waals surface area contributed by atoms with Gasteiger partial charge in [-0.2, -0.15) is 0 Å². The van der Waals surface area contributed by atoms with Gasteiger partial charge in [-0.25, -0.2) is 4.79 Å². The van der Waals surface area contributed by atoms with Gasteiger partial charge in [0.1, 0.15) is 0 Å². The second-order valence-electron chi connectivity index (χ2n) is 5.47. The number of carbonyl (C=O) groups excluding carboxylic acids is 1. The number of hydrogen-bond donors (Lipinski definition) is 2. The first-order valence-electron chi connectivity index (χ1n) is 7.70. The van der Waals surface area contributed by atoms with Crippen LogP contribution in [0.4, 0.5) is 21.9 Å². The monoisotopic (exact) mass is 411 g/mol. The highest BCUT2D eigenvalue weighted by atomic mass is 79.9. The Morgan fingerprint density at radius 2 is 1.19 bits per heavy atom. The lowest BCUT2D eigenvalue weighted by Gasteiger charge is -2.09. The van der Waals surface area contributed by atoms with E-state index < -0.39 is 4.92 Å². The second kappa shape index (κ2) is 7.79. The van der Waals surface area contributed by atoms with Crippen LogP contribution in [0, 0.1) is 10.1 Å². The zero-order chi connectivity index (χ0) is 18.5. The van der Waals surface area contributed by atoms with Gasteiger partial charge in [-0.15, -0.1) is 0 Å². The van der Waals surface area contributed by atoms with E-state index in [1.54, 1.807) is 36.4 Å². The quantitative estimate of drug-likeness (QED) is 0.428. The van der Waals surface area contributed by atoms with Gasteiger partial charge < -0.3 is 10.6 Å². The smallest absolute Gasteiger partial charge is 0.308 e. The van der Waals surface area contributed by atoms with Crippen LogP contribution in [-0.2, 0) is 0 Å². The topological polar surface area (TPSA) is 84.3 Å². The number of benzene rings is 3. The third kappa shape index (κ3) is 4.46. The first kappa shape index (κ1) is 17.6. The molecule has 0 unspecified atom stereocenters. The van der Waals surface area contributed by atoms with Crippen LogP contribution in [0.25, 0.3) is 11.1 Å². The number of anilines is 2. The molecule has 130 valence electrons. The molecule has 2 amide bonds. The molecule has 3 rings (SSSR count). The van der Waals surface area contributed by atoms with Crippen LogP contribution in [-0.4, -0.2) is 11.0 Å². The Hall–Kier alpha value is -3.19. The average Bonchev–Trinajstić information content (AvgIpc) is 2.64. The predicted octanol–water partition coefficient (Wildman–Crippen LogP) is 5.67. The van der Waals surface area contributed by atoms with Gasteiger partial charge in [0, 0.05) is 28.0 Å². The Kier molecular flexibility index (Phi) is 5.28. The van der Waals surface area contributed by atoms with E-state index in [-0.39, 0.29) is 11.7 Å². The van der Waals surface area contributed by atoms with E-state index in [0.717, 1.165) is 15.6 Å². The lowest BCUT2D eigenvalue weighted by atomic mass is 10.1. The zero-order valence-corrected chi connectivity index (χ0v) is 15.1. The van der Waals surface area contributed by atoms with Crippen molar-refractivity contribution in [2.24, 2.45) is 0 Å². The van der Waals surface area contributed by atoms with Crippen molar-refractivity contribution in [3.63, 3.8) is 0 Å². The predicted molar refractivity (Wildman–Crippen MR) is 105 cm³/mol. The minimum Gasteiger partial charge on any atom is -0.308 e. The number of non-ortho nitro benzene ring substituents is 1. The van der Waals surface area contributed by atoms with Crippen LogP contribution in [0.3, 0.4) is 0 Å². The van der Waals surface area contributed by atoms with Gasteiger partial charge in [0.15, 0.2) is 0 Å². The molecule has 0 fully saturated rings. The Morgan fingerprint density at radius 1 is 0.769 bits per heavy atom. The first-order valence-corrected chi connectivity index (χ1v) is 8.49. The maximum Gasteiger partial charge on any atom is 0.323 e. The van der Waals surface area contributed by atoms with Gasteiger partial charge in [-0.05, 0) is 59.7 Å². The van der Waals surface area contributed by atoms with E-state index in [1.165, 1.54) is 12.1 Å². The van der Waals surface area contributed by atoms with Crippen molar-refractivity contribution in [3.8, 4) is 11.1 Å². The molecule has 0 aromatic heterocycles. The normalized spacial score (nSPS) is 10.2. The molecule has 0 saturated carbocycles. The van der Waals surface area contributed by atoms with Gasteiger partial charge in [-0.3, -0.25) is 10.1 Å². The highest BCUT2D eigenvalue weighted by molar-refractivity contribution is 9.10. The van der Waals surface area contributed by atoms with Crippen LogP contribution < -0.4 is 10.6 Å². The van der Waals surface area contributed by atoms with Crippen molar-refractivity contribution < 1.29 is 9.72 Å². The molecule has 0 radical (unpaired) electrons. The molecule has 0 aliphatic rings. The van der Waals surface area contributed by atoms with E-state index in [2.05, 4.69) is 26.6 Å². The van der Waals surface area contributed by atoms with Crippen LogP contribution >= 0.6 is 15.9 Å². The Morgan fingerprint density at radius 3 is 1.65 bits per heavy atom. The van der Waals surface area contributed by atoms with E-state index in [4.69, 9.17) is 0 Å².